The van der Waals surface area contributed by atoms with Crippen molar-refractivity contribution in [2.24, 2.45) is 0 Å². The van der Waals surface area contributed by atoms with E-state index >= 15 is 0 Å². The minimum Gasteiger partial charge on any atom is -0.283 e. The molecule has 0 aliphatic heterocycles. The van der Waals surface area contributed by atoms with Gasteiger partial charge in [0.2, 0.25) is 10.0 Å². The number of anilines is 1. The van der Waals surface area contributed by atoms with E-state index < -0.39 is 15.8 Å². The van der Waals surface area contributed by atoms with E-state index in [0.717, 1.165) is 0 Å². The molecule has 1 N–H and O–H groups in total. The van der Waals surface area contributed by atoms with Crippen molar-refractivity contribution in [3.63, 3.8) is 0 Å². The molecule has 0 radical (unpaired) electrons. The number of aryl methyl sites for hydroxylation is 1. The van der Waals surface area contributed by atoms with Crippen molar-refractivity contribution in [2.75, 3.05) is 4.72 Å². The van der Waals surface area contributed by atoms with Gasteiger partial charge >= 0.3 is 0 Å². The predicted molar refractivity (Wildman–Crippen MR) is 64.4 cm³/mol. The fourth-order valence-corrected chi connectivity index (χ4v) is 3.16. The molecule has 0 unspecified atom stereocenters. The van der Waals surface area contributed by atoms with E-state index in [2.05, 4.69) is 20.7 Å². The van der Waals surface area contributed by atoms with Gasteiger partial charge in [-0.3, -0.25) is 4.72 Å². The maximum atomic E-state index is 13.1. The van der Waals surface area contributed by atoms with E-state index in [9.17, 15) is 12.8 Å². The van der Waals surface area contributed by atoms with Gasteiger partial charge in [-0.2, -0.15) is 0 Å². The maximum absolute atomic E-state index is 13.1. The van der Waals surface area contributed by atoms with Crippen molar-refractivity contribution in [3.8, 4) is 0 Å². The van der Waals surface area contributed by atoms with E-state index in [0.29, 0.717) is 24.1 Å². The first kappa shape index (κ1) is 11.9. The van der Waals surface area contributed by atoms with Crippen LogP contribution < -0.4 is 4.72 Å². The molecule has 0 saturated heterocycles. The number of benzene rings is 1. The summed E-state index contributed by atoms with van der Waals surface area (Å²) in [6.45, 7) is 1.67. The summed E-state index contributed by atoms with van der Waals surface area (Å²) < 4.78 is 39.3. The van der Waals surface area contributed by atoms with Crippen molar-refractivity contribution in [2.45, 2.75) is 25.0 Å². The van der Waals surface area contributed by atoms with Gasteiger partial charge in [-0.05, 0) is 53.4 Å². The van der Waals surface area contributed by atoms with Crippen LogP contribution >= 0.6 is 15.9 Å². The Morgan fingerprint density at radius 1 is 1.44 bits per heavy atom. The molecule has 1 aliphatic carbocycles. The Morgan fingerprint density at radius 3 is 2.62 bits per heavy atom. The standard InChI is InChI=1S/C10H11BrFNO2S/c1-6-4-9(12)8(11)5-10(6)13-16(14,15)7-2-3-7/h4-5,7,13H,2-3H2,1H3. The molecule has 2 rings (SSSR count). The molecule has 1 aliphatic rings. The number of hydrogen-bond donors (Lipinski definition) is 1. The molecule has 0 bridgehead atoms. The molecular formula is C10H11BrFNO2S. The van der Waals surface area contributed by atoms with Gasteiger partial charge in [0, 0.05) is 0 Å². The lowest BCUT2D eigenvalue weighted by molar-refractivity contribution is 0.599. The third kappa shape index (κ3) is 2.38. The van der Waals surface area contributed by atoms with Crippen LogP contribution in [0.2, 0.25) is 0 Å². The summed E-state index contributed by atoms with van der Waals surface area (Å²) in [5.41, 5.74) is 1.00. The van der Waals surface area contributed by atoms with Crippen LogP contribution in [-0.4, -0.2) is 13.7 Å². The van der Waals surface area contributed by atoms with Gasteiger partial charge in [0.1, 0.15) is 5.82 Å². The molecule has 1 saturated carbocycles. The third-order valence-corrected chi connectivity index (χ3v) is 4.94. The highest BCUT2D eigenvalue weighted by molar-refractivity contribution is 9.10. The summed E-state index contributed by atoms with van der Waals surface area (Å²) in [5, 5.41) is -0.282. The zero-order valence-corrected chi connectivity index (χ0v) is 11.0. The summed E-state index contributed by atoms with van der Waals surface area (Å²) in [7, 11) is -3.29. The third-order valence-electron chi connectivity index (χ3n) is 2.48. The van der Waals surface area contributed by atoms with Crippen LogP contribution in [0.4, 0.5) is 10.1 Å². The number of hydrogen-bond acceptors (Lipinski definition) is 2. The number of rotatable bonds is 3. The second kappa shape index (κ2) is 4.00. The normalized spacial score (nSPS) is 16.2. The van der Waals surface area contributed by atoms with E-state index in [1.807, 2.05) is 0 Å². The average molecular weight is 308 g/mol. The zero-order chi connectivity index (χ0) is 11.9. The minimum absolute atomic E-state index is 0.256. The smallest absolute Gasteiger partial charge is 0.235 e. The van der Waals surface area contributed by atoms with Crippen LogP contribution in [0.5, 0.6) is 0 Å². The van der Waals surface area contributed by atoms with Gasteiger partial charge in [0.05, 0.1) is 15.4 Å². The molecule has 0 heterocycles. The number of sulfonamides is 1. The van der Waals surface area contributed by atoms with Crippen LogP contribution in [0.1, 0.15) is 18.4 Å². The quantitative estimate of drug-likeness (QED) is 0.933. The van der Waals surface area contributed by atoms with Crippen LogP contribution in [0.25, 0.3) is 0 Å². The van der Waals surface area contributed by atoms with Crippen molar-refractivity contribution in [1.82, 2.24) is 0 Å². The second-order valence-electron chi connectivity index (χ2n) is 3.93. The van der Waals surface area contributed by atoms with Crippen LogP contribution in [0, 0.1) is 12.7 Å². The van der Waals surface area contributed by atoms with E-state index in [4.69, 9.17) is 0 Å². The van der Waals surface area contributed by atoms with Crippen molar-refractivity contribution < 1.29 is 12.8 Å². The van der Waals surface area contributed by atoms with Gasteiger partial charge in [-0.1, -0.05) is 0 Å². The predicted octanol–water partition coefficient (Wildman–Crippen LogP) is 2.80. The maximum Gasteiger partial charge on any atom is 0.235 e. The molecule has 6 heteroatoms. The summed E-state index contributed by atoms with van der Waals surface area (Å²) in [6, 6.07) is 2.75. The van der Waals surface area contributed by atoms with Gasteiger partial charge in [0.15, 0.2) is 0 Å². The second-order valence-corrected chi connectivity index (χ2v) is 6.74. The first-order chi connectivity index (χ1) is 7.40. The molecule has 0 aromatic heterocycles. The summed E-state index contributed by atoms with van der Waals surface area (Å²) in [5.74, 6) is -0.396. The van der Waals surface area contributed by atoms with E-state index in [1.54, 1.807) is 6.92 Å². The van der Waals surface area contributed by atoms with Gasteiger partial charge in [0.25, 0.3) is 0 Å². The van der Waals surface area contributed by atoms with E-state index in [-0.39, 0.29) is 9.72 Å². The largest absolute Gasteiger partial charge is 0.283 e. The topological polar surface area (TPSA) is 46.2 Å². The van der Waals surface area contributed by atoms with Crippen molar-refractivity contribution >= 4 is 31.6 Å². The Hall–Kier alpha value is -0.620. The summed E-state index contributed by atoms with van der Waals surface area (Å²) in [6.07, 6.45) is 1.41. The SMILES string of the molecule is Cc1cc(F)c(Br)cc1NS(=O)(=O)C1CC1. The number of nitrogens with one attached hydrogen (secondary N) is 1. The first-order valence-electron chi connectivity index (χ1n) is 4.87. The van der Waals surface area contributed by atoms with Crippen LogP contribution in [0.15, 0.2) is 16.6 Å². The van der Waals surface area contributed by atoms with Crippen LogP contribution in [-0.2, 0) is 10.0 Å². The Bertz CT molecular complexity index is 526. The highest BCUT2D eigenvalue weighted by Gasteiger charge is 2.35. The molecule has 1 aromatic rings. The molecular weight excluding hydrogens is 297 g/mol. The lowest BCUT2D eigenvalue weighted by Crippen LogP contribution is -2.18. The first-order valence-corrected chi connectivity index (χ1v) is 7.21. The lowest BCUT2D eigenvalue weighted by Gasteiger charge is -2.10. The molecule has 0 atom stereocenters. The molecule has 88 valence electrons. The molecule has 1 aromatic carbocycles. The Kier molecular flexibility index (Phi) is 2.96. The summed E-state index contributed by atoms with van der Waals surface area (Å²) in [4.78, 5) is 0. The zero-order valence-electron chi connectivity index (χ0n) is 8.63. The molecule has 16 heavy (non-hydrogen) atoms. The lowest BCUT2D eigenvalue weighted by atomic mass is 10.2. The van der Waals surface area contributed by atoms with Crippen LogP contribution in [0.3, 0.4) is 0 Å². The minimum atomic E-state index is -3.29. The average Bonchev–Trinajstić information content (AvgIpc) is 2.96. The fourth-order valence-electron chi connectivity index (χ4n) is 1.37. The Balaban J connectivity index is 2.31. The molecule has 1 fully saturated rings. The number of halogens is 2. The van der Waals surface area contributed by atoms with Crippen molar-refractivity contribution in [3.05, 3.63) is 28.0 Å². The van der Waals surface area contributed by atoms with Gasteiger partial charge in [-0.15, -0.1) is 0 Å². The van der Waals surface area contributed by atoms with Gasteiger partial charge < -0.3 is 0 Å². The summed E-state index contributed by atoms with van der Waals surface area (Å²) >= 11 is 3.03. The highest BCUT2D eigenvalue weighted by Crippen LogP contribution is 2.31. The Morgan fingerprint density at radius 2 is 2.06 bits per heavy atom. The molecule has 3 nitrogen and oxygen atoms in total. The molecule has 0 spiro atoms. The Labute approximate surface area is 102 Å². The van der Waals surface area contributed by atoms with E-state index in [1.165, 1.54) is 12.1 Å². The highest BCUT2D eigenvalue weighted by atomic mass is 79.9. The fraction of sp³-hybridized carbons (Fsp3) is 0.400. The molecule has 0 amide bonds. The van der Waals surface area contributed by atoms with Crippen molar-refractivity contribution in [1.29, 1.82) is 0 Å². The van der Waals surface area contributed by atoms with Gasteiger partial charge in [-0.25, -0.2) is 12.8 Å². The monoisotopic (exact) mass is 307 g/mol.